The Morgan fingerprint density at radius 2 is 2.06 bits per heavy atom. The van der Waals surface area contributed by atoms with E-state index in [9.17, 15) is 4.79 Å². The summed E-state index contributed by atoms with van der Waals surface area (Å²) in [6.45, 7) is 0.742. The minimum Gasteiger partial charge on any atom is -0.356 e. The van der Waals surface area contributed by atoms with Gasteiger partial charge in [0.1, 0.15) is 0 Å². The fourth-order valence-corrected chi connectivity index (χ4v) is 2.98. The Bertz CT molecular complexity index is 399. The summed E-state index contributed by atoms with van der Waals surface area (Å²) in [5.41, 5.74) is 1.26. The van der Waals surface area contributed by atoms with Crippen molar-refractivity contribution in [3.8, 4) is 0 Å². The van der Waals surface area contributed by atoms with E-state index < -0.39 is 0 Å². The van der Waals surface area contributed by atoms with Crippen molar-refractivity contribution in [3.63, 3.8) is 0 Å². The van der Waals surface area contributed by atoms with Crippen molar-refractivity contribution < 1.29 is 4.79 Å². The summed E-state index contributed by atoms with van der Waals surface area (Å²) in [6.07, 6.45) is 6.76. The Labute approximate surface area is 117 Å². The molecule has 0 saturated heterocycles. The second-order valence-electron chi connectivity index (χ2n) is 5.01. The second-order valence-corrected chi connectivity index (χ2v) is 5.92. The topological polar surface area (TPSA) is 29.1 Å². The molecule has 1 aliphatic rings. The largest absolute Gasteiger partial charge is 0.356 e. The van der Waals surface area contributed by atoms with Gasteiger partial charge in [0.15, 0.2) is 0 Å². The van der Waals surface area contributed by atoms with Gasteiger partial charge < -0.3 is 5.32 Å². The summed E-state index contributed by atoms with van der Waals surface area (Å²) in [4.78, 5) is 11.9. The zero-order chi connectivity index (χ0) is 12.8. The van der Waals surface area contributed by atoms with E-state index in [0.29, 0.717) is 0 Å². The van der Waals surface area contributed by atoms with E-state index in [0.717, 1.165) is 30.3 Å². The van der Waals surface area contributed by atoms with Crippen LogP contribution >= 0.6 is 15.9 Å². The van der Waals surface area contributed by atoms with Crippen molar-refractivity contribution in [1.82, 2.24) is 5.32 Å². The highest BCUT2D eigenvalue weighted by molar-refractivity contribution is 9.10. The number of carbonyl (C=O) groups excluding carboxylic acids is 1. The van der Waals surface area contributed by atoms with Crippen LogP contribution in [0.5, 0.6) is 0 Å². The van der Waals surface area contributed by atoms with Crippen LogP contribution < -0.4 is 5.32 Å². The quantitative estimate of drug-likeness (QED) is 0.903. The average molecular weight is 310 g/mol. The number of hydrogen-bond acceptors (Lipinski definition) is 1. The summed E-state index contributed by atoms with van der Waals surface area (Å²) in [7, 11) is 0. The summed E-state index contributed by atoms with van der Waals surface area (Å²) in [5, 5.41) is 3.07. The maximum atomic E-state index is 11.9. The molecule has 0 spiro atoms. The maximum absolute atomic E-state index is 11.9. The van der Waals surface area contributed by atoms with Crippen LogP contribution in [0.1, 0.15) is 37.7 Å². The van der Waals surface area contributed by atoms with Crippen molar-refractivity contribution in [1.29, 1.82) is 0 Å². The smallest absolute Gasteiger partial charge is 0.223 e. The molecule has 1 saturated carbocycles. The molecule has 0 radical (unpaired) electrons. The Hall–Kier alpha value is -0.830. The molecule has 0 bridgehead atoms. The molecule has 0 heterocycles. The molecule has 1 amide bonds. The van der Waals surface area contributed by atoms with E-state index in [2.05, 4.69) is 33.4 Å². The third-order valence-electron chi connectivity index (χ3n) is 3.58. The van der Waals surface area contributed by atoms with Gasteiger partial charge in [0.25, 0.3) is 0 Å². The second kappa shape index (κ2) is 6.93. The van der Waals surface area contributed by atoms with Gasteiger partial charge in [-0.2, -0.15) is 0 Å². The molecule has 3 heteroatoms. The highest BCUT2D eigenvalue weighted by atomic mass is 79.9. The fraction of sp³-hybridized carbons (Fsp3) is 0.533. The molecular formula is C15H20BrNO. The van der Waals surface area contributed by atoms with Gasteiger partial charge >= 0.3 is 0 Å². The predicted octanol–water partition coefficient (Wildman–Crippen LogP) is 3.69. The molecule has 1 fully saturated rings. The van der Waals surface area contributed by atoms with Crippen molar-refractivity contribution in [2.45, 2.75) is 38.5 Å². The van der Waals surface area contributed by atoms with Gasteiger partial charge in [0.2, 0.25) is 5.91 Å². The molecule has 0 atom stereocenters. The lowest BCUT2D eigenvalue weighted by Crippen LogP contribution is -2.33. The van der Waals surface area contributed by atoms with Crippen LogP contribution in [0.25, 0.3) is 0 Å². The third-order valence-corrected chi connectivity index (χ3v) is 4.07. The molecule has 98 valence electrons. The number of carbonyl (C=O) groups is 1. The normalized spacial score (nSPS) is 16.5. The van der Waals surface area contributed by atoms with Gasteiger partial charge in [-0.25, -0.2) is 0 Å². The fourth-order valence-electron chi connectivity index (χ4n) is 2.53. The summed E-state index contributed by atoms with van der Waals surface area (Å²) < 4.78 is 1.10. The van der Waals surface area contributed by atoms with E-state index in [-0.39, 0.29) is 11.8 Å². The lowest BCUT2D eigenvalue weighted by Gasteiger charge is -2.20. The Balaban J connectivity index is 1.73. The molecule has 0 unspecified atom stereocenters. The molecule has 1 aromatic rings. The number of halogens is 1. The number of amides is 1. The van der Waals surface area contributed by atoms with Crippen LogP contribution in [0.4, 0.5) is 0 Å². The molecule has 0 aromatic heterocycles. The van der Waals surface area contributed by atoms with Crippen molar-refractivity contribution in [3.05, 3.63) is 34.3 Å². The summed E-state index contributed by atoms with van der Waals surface area (Å²) in [6, 6.07) is 8.25. The van der Waals surface area contributed by atoms with Crippen LogP contribution in [-0.2, 0) is 11.2 Å². The van der Waals surface area contributed by atoms with Gasteiger partial charge in [-0.1, -0.05) is 47.3 Å². The number of rotatable bonds is 4. The summed E-state index contributed by atoms with van der Waals surface area (Å²) >= 11 is 3.46. The number of nitrogens with one attached hydrogen (secondary N) is 1. The maximum Gasteiger partial charge on any atom is 0.223 e. The lowest BCUT2D eigenvalue weighted by molar-refractivity contribution is -0.125. The van der Waals surface area contributed by atoms with Crippen LogP contribution in [0.3, 0.4) is 0 Å². The minimum atomic E-state index is 0.254. The lowest BCUT2D eigenvalue weighted by atomic mass is 9.88. The molecule has 1 N–H and O–H groups in total. The van der Waals surface area contributed by atoms with Gasteiger partial charge in [0.05, 0.1) is 0 Å². The van der Waals surface area contributed by atoms with Crippen LogP contribution in [0.15, 0.2) is 28.7 Å². The summed E-state index contributed by atoms with van der Waals surface area (Å²) in [5.74, 6) is 0.519. The first-order valence-corrected chi connectivity index (χ1v) is 7.57. The van der Waals surface area contributed by atoms with Crippen molar-refractivity contribution in [2.75, 3.05) is 6.54 Å². The van der Waals surface area contributed by atoms with Gasteiger partial charge in [-0.15, -0.1) is 0 Å². The predicted molar refractivity (Wildman–Crippen MR) is 77.4 cm³/mol. The van der Waals surface area contributed by atoms with Gasteiger partial charge in [-0.05, 0) is 37.0 Å². The SMILES string of the molecule is O=C(NCCc1cccc(Br)c1)C1CCCCC1. The monoisotopic (exact) mass is 309 g/mol. The van der Waals surface area contributed by atoms with E-state index in [1.807, 2.05) is 12.1 Å². The van der Waals surface area contributed by atoms with Crippen molar-refractivity contribution in [2.24, 2.45) is 5.92 Å². The Morgan fingerprint density at radius 1 is 1.28 bits per heavy atom. The molecule has 2 nitrogen and oxygen atoms in total. The Kier molecular flexibility index (Phi) is 5.24. The van der Waals surface area contributed by atoms with E-state index in [4.69, 9.17) is 0 Å². The van der Waals surface area contributed by atoms with Gasteiger partial charge in [0, 0.05) is 16.9 Å². The third kappa shape index (κ3) is 4.13. The zero-order valence-corrected chi connectivity index (χ0v) is 12.2. The standard InChI is InChI=1S/C15H20BrNO/c16-14-8-4-5-12(11-14)9-10-17-15(18)13-6-2-1-3-7-13/h4-5,8,11,13H,1-3,6-7,9-10H2,(H,17,18). The van der Waals surface area contributed by atoms with Crippen LogP contribution in [0, 0.1) is 5.92 Å². The molecule has 18 heavy (non-hydrogen) atoms. The Morgan fingerprint density at radius 3 is 2.78 bits per heavy atom. The highest BCUT2D eigenvalue weighted by Crippen LogP contribution is 2.23. The molecule has 1 aliphatic carbocycles. The molecule has 2 rings (SSSR count). The van der Waals surface area contributed by atoms with E-state index >= 15 is 0 Å². The van der Waals surface area contributed by atoms with Crippen LogP contribution in [0.2, 0.25) is 0 Å². The average Bonchev–Trinajstić information content (AvgIpc) is 2.40. The van der Waals surface area contributed by atoms with E-state index in [1.165, 1.54) is 24.8 Å². The first kappa shape index (κ1) is 13.6. The molecular weight excluding hydrogens is 290 g/mol. The zero-order valence-electron chi connectivity index (χ0n) is 10.6. The highest BCUT2D eigenvalue weighted by Gasteiger charge is 2.20. The first-order chi connectivity index (χ1) is 8.75. The number of benzene rings is 1. The van der Waals surface area contributed by atoms with Crippen molar-refractivity contribution >= 4 is 21.8 Å². The number of hydrogen-bond donors (Lipinski definition) is 1. The van der Waals surface area contributed by atoms with Crippen LogP contribution in [-0.4, -0.2) is 12.5 Å². The van der Waals surface area contributed by atoms with Gasteiger partial charge in [-0.3, -0.25) is 4.79 Å². The minimum absolute atomic E-state index is 0.254. The first-order valence-electron chi connectivity index (χ1n) is 6.78. The molecule has 0 aliphatic heterocycles. The van der Waals surface area contributed by atoms with E-state index in [1.54, 1.807) is 0 Å². The molecule has 1 aromatic carbocycles.